The molecule has 0 saturated carbocycles. The number of carbonyl (C=O) groups excluding carboxylic acids is 1. The number of amides is 1. The molecule has 1 aromatic heterocycles. The van der Waals surface area contributed by atoms with E-state index < -0.39 is 5.60 Å². The van der Waals surface area contributed by atoms with Crippen LogP contribution in [0, 0.1) is 0 Å². The van der Waals surface area contributed by atoms with Crippen molar-refractivity contribution in [2.24, 2.45) is 0 Å². The number of benzene rings is 1. The van der Waals surface area contributed by atoms with Gasteiger partial charge in [0.1, 0.15) is 11.7 Å². The third kappa shape index (κ3) is 4.10. The maximum absolute atomic E-state index is 12.2. The van der Waals surface area contributed by atoms with E-state index in [0.717, 1.165) is 11.0 Å². The highest BCUT2D eigenvalue weighted by atomic mass is 16.6. The summed E-state index contributed by atoms with van der Waals surface area (Å²) in [6.45, 7) is 6.59. The molecule has 7 heteroatoms. The van der Waals surface area contributed by atoms with Crippen LogP contribution in [0.5, 0.6) is 11.8 Å². The largest absolute Gasteiger partial charge is 0.477 e. The number of hydrogen-bond donors (Lipinski definition) is 0. The van der Waals surface area contributed by atoms with Gasteiger partial charge in [0.2, 0.25) is 0 Å². The average Bonchev–Trinajstić information content (AvgIpc) is 3.01. The van der Waals surface area contributed by atoms with Gasteiger partial charge in [-0.1, -0.05) is 12.1 Å². The molecule has 1 aromatic carbocycles. The van der Waals surface area contributed by atoms with Crippen LogP contribution in [0.25, 0.3) is 11.0 Å². The van der Waals surface area contributed by atoms with Crippen molar-refractivity contribution >= 4 is 17.1 Å². The molecular formula is C18H23N3O4. The van der Waals surface area contributed by atoms with Crippen LogP contribution in [0.2, 0.25) is 0 Å². The first-order valence-corrected chi connectivity index (χ1v) is 8.31. The first-order valence-electron chi connectivity index (χ1n) is 8.31. The monoisotopic (exact) mass is 345 g/mol. The molecule has 1 saturated heterocycles. The number of nitrogens with zero attached hydrogens (tertiary/aromatic N) is 3. The van der Waals surface area contributed by atoms with Gasteiger partial charge in [-0.05, 0) is 32.9 Å². The Morgan fingerprint density at radius 1 is 1.16 bits per heavy atom. The molecular weight excluding hydrogens is 322 g/mol. The van der Waals surface area contributed by atoms with Crippen LogP contribution in [0.3, 0.4) is 0 Å². The van der Waals surface area contributed by atoms with E-state index in [0.29, 0.717) is 31.3 Å². The van der Waals surface area contributed by atoms with Crippen molar-refractivity contribution in [2.45, 2.75) is 38.9 Å². The number of rotatable bonds is 3. The van der Waals surface area contributed by atoms with Gasteiger partial charge in [0, 0.05) is 13.0 Å². The molecule has 2 aromatic rings. The molecule has 0 bridgehead atoms. The second-order valence-corrected chi connectivity index (χ2v) is 6.98. The highest BCUT2D eigenvalue weighted by molar-refractivity contribution is 5.75. The van der Waals surface area contributed by atoms with E-state index >= 15 is 0 Å². The van der Waals surface area contributed by atoms with Crippen molar-refractivity contribution in [1.82, 2.24) is 14.9 Å². The minimum absolute atomic E-state index is 0.170. The lowest BCUT2D eigenvalue weighted by molar-refractivity contribution is 0.0274. The lowest BCUT2D eigenvalue weighted by atomic mass is 10.2. The summed E-state index contributed by atoms with van der Waals surface area (Å²) in [5.41, 5.74) is 0.970. The van der Waals surface area contributed by atoms with Crippen LogP contribution < -0.4 is 9.47 Å². The Morgan fingerprint density at radius 2 is 1.80 bits per heavy atom. The van der Waals surface area contributed by atoms with E-state index in [2.05, 4.69) is 9.97 Å². The van der Waals surface area contributed by atoms with Crippen molar-refractivity contribution in [3.8, 4) is 11.8 Å². The number of ether oxygens (including phenoxy) is 3. The summed E-state index contributed by atoms with van der Waals surface area (Å²) in [5.74, 6) is 0.687. The van der Waals surface area contributed by atoms with Crippen LogP contribution in [0.1, 0.15) is 27.2 Å². The summed E-state index contributed by atoms with van der Waals surface area (Å²) in [7, 11) is 1.54. The van der Waals surface area contributed by atoms with Crippen molar-refractivity contribution in [2.75, 3.05) is 20.2 Å². The van der Waals surface area contributed by atoms with E-state index in [9.17, 15) is 4.79 Å². The molecule has 1 fully saturated rings. The maximum atomic E-state index is 12.2. The van der Waals surface area contributed by atoms with Crippen LogP contribution >= 0.6 is 0 Å². The van der Waals surface area contributed by atoms with Crippen LogP contribution in [-0.4, -0.2) is 52.9 Å². The zero-order chi connectivity index (χ0) is 18.0. The lowest BCUT2D eigenvalue weighted by Crippen LogP contribution is -2.36. The summed E-state index contributed by atoms with van der Waals surface area (Å²) in [6, 6.07) is 7.53. The fourth-order valence-corrected chi connectivity index (χ4v) is 2.65. The topological polar surface area (TPSA) is 73.8 Å². The van der Waals surface area contributed by atoms with Crippen molar-refractivity contribution in [1.29, 1.82) is 0 Å². The van der Waals surface area contributed by atoms with Crippen molar-refractivity contribution < 1.29 is 19.0 Å². The van der Waals surface area contributed by atoms with Crippen molar-refractivity contribution in [3.05, 3.63) is 24.3 Å². The molecule has 1 amide bonds. The van der Waals surface area contributed by atoms with Gasteiger partial charge in [-0.25, -0.2) is 14.8 Å². The Bertz CT molecular complexity index is 772. The fourth-order valence-electron chi connectivity index (χ4n) is 2.65. The summed E-state index contributed by atoms with van der Waals surface area (Å²) < 4.78 is 16.7. The first-order chi connectivity index (χ1) is 11.9. The molecule has 1 unspecified atom stereocenters. The second-order valence-electron chi connectivity index (χ2n) is 6.98. The summed E-state index contributed by atoms with van der Waals surface area (Å²) in [5, 5.41) is 0. The molecule has 7 nitrogen and oxygen atoms in total. The zero-order valence-electron chi connectivity index (χ0n) is 15.0. The molecule has 134 valence electrons. The third-order valence-corrected chi connectivity index (χ3v) is 3.78. The first kappa shape index (κ1) is 17.3. The number of hydrogen-bond acceptors (Lipinski definition) is 6. The van der Waals surface area contributed by atoms with Gasteiger partial charge in [-0.3, -0.25) is 0 Å². The van der Waals surface area contributed by atoms with Crippen LogP contribution in [0.15, 0.2) is 24.3 Å². The number of aromatic nitrogens is 2. The summed E-state index contributed by atoms with van der Waals surface area (Å²) >= 11 is 0. The molecule has 2 heterocycles. The standard InChI is InChI=1S/C18H23N3O4/c1-18(2,3)25-17(22)21-10-9-12(11-21)24-16-15(23-4)19-13-7-5-6-8-14(13)20-16/h5-8,12H,9-11H2,1-4H3. The number of para-hydroxylation sites is 2. The Morgan fingerprint density at radius 3 is 2.40 bits per heavy atom. The van der Waals surface area contributed by atoms with E-state index in [4.69, 9.17) is 14.2 Å². The second kappa shape index (κ2) is 6.74. The van der Waals surface area contributed by atoms with E-state index in [-0.39, 0.29) is 12.2 Å². The maximum Gasteiger partial charge on any atom is 0.410 e. The smallest absolute Gasteiger partial charge is 0.410 e. The number of carbonyl (C=O) groups is 1. The zero-order valence-corrected chi connectivity index (χ0v) is 15.0. The molecule has 0 aliphatic carbocycles. The Balaban J connectivity index is 1.71. The van der Waals surface area contributed by atoms with Gasteiger partial charge >= 0.3 is 6.09 Å². The van der Waals surface area contributed by atoms with E-state index in [1.54, 1.807) is 4.90 Å². The summed E-state index contributed by atoms with van der Waals surface area (Å²) in [6.07, 6.45) is 0.212. The van der Waals surface area contributed by atoms with Gasteiger partial charge in [0.25, 0.3) is 11.8 Å². The quantitative estimate of drug-likeness (QED) is 0.851. The lowest BCUT2D eigenvalue weighted by Gasteiger charge is -2.24. The fraction of sp³-hybridized carbons (Fsp3) is 0.500. The summed E-state index contributed by atoms with van der Waals surface area (Å²) in [4.78, 5) is 22.7. The molecule has 0 spiro atoms. The number of methoxy groups -OCH3 is 1. The molecule has 1 aliphatic heterocycles. The Kier molecular flexibility index (Phi) is 4.65. The van der Waals surface area contributed by atoms with Crippen LogP contribution in [0.4, 0.5) is 4.79 Å². The SMILES string of the molecule is COc1nc2ccccc2nc1OC1CCN(C(=O)OC(C)(C)C)C1. The van der Waals surface area contributed by atoms with Crippen molar-refractivity contribution in [3.63, 3.8) is 0 Å². The highest BCUT2D eigenvalue weighted by Crippen LogP contribution is 2.28. The van der Waals surface area contributed by atoms with Gasteiger partial charge in [0.15, 0.2) is 0 Å². The predicted octanol–water partition coefficient (Wildman–Crippen LogP) is 3.03. The molecule has 1 aliphatic rings. The predicted molar refractivity (Wildman–Crippen MR) is 92.9 cm³/mol. The third-order valence-electron chi connectivity index (χ3n) is 3.78. The number of likely N-dealkylation sites (tertiary alicyclic amines) is 1. The molecule has 1 atom stereocenters. The van der Waals surface area contributed by atoms with E-state index in [1.165, 1.54) is 7.11 Å². The Labute approximate surface area is 146 Å². The van der Waals surface area contributed by atoms with Gasteiger partial charge in [-0.15, -0.1) is 0 Å². The van der Waals surface area contributed by atoms with Gasteiger partial charge in [0.05, 0.1) is 24.7 Å². The average molecular weight is 345 g/mol. The minimum Gasteiger partial charge on any atom is -0.477 e. The molecule has 0 radical (unpaired) electrons. The normalized spacial score (nSPS) is 17.6. The molecule has 25 heavy (non-hydrogen) atoms. The molecule has 0 N–H and O–H groups in total. The van der Waals surface area contributed by atoms with Gasteiger partial charge < -0.3 is 19.1 Å². The van der Waals surface area contributed by atoms with Gasteiger partial charge in [-0.2, -0.15) is 0 Å². The number of fused-ring (bicyclic) bond motifs is 1. The van der Waals surface area contributed by atoms with Crippen LogP contribution in [-0.2, 0) is 4.74 Å². The Hall–Kier alpha value is -2.57. The van der Waals surface area contributed by atoms with E-state index in [1.807, 2.05) is 45.0 Å². The molecule has 3 rings (SSSR count). The minimum atomic E-state index is -0.511. The highest BCUT2D eigenvalue weighted by Gasteiger charge is 2.31.